The molecule has 1 aromatic carbocycles. The van der Waals surface area contributed by atoms with Gasteiger partial charge in [0.1, 0.15) is 5.75 Å². The maximum atomic E-state index is 6.16. The largest absolute Gasteiger partial charge is 0.496 e. The van der Waals surface area contributed by atoms with Crippen molar-refractivity contribution in [3.63, 3.8) is 0 Å². The lowest BCUT2D eigenvalue weighted by molar-refractivity contribution is 0.0915. The van der Waals surface area contributed by atoms with Crippen LogP contribution in [0, 0.1) is 0 Å². The summed E-state index contributed by atoms with van der Waals surface area (Å²) >= 11 is 6.16. The first-order valence-electron chi connectivity index (χ1n) is 7.62. The molecule has 0 saturated heterocycles. The van der Waals surface area contributed by atoms with E-state index in [0.29, 0.717) is 6.04 Å². The van der Waals surface area contributed by atoms with Crippen LogP contribution in [0.25, 0.3) is 0 Å². The van der Waals surface area contributed by atoms with Crippen LogP contribution >= 0.6 is 11.6 Å². The second-order valence-electron chi connectivity index (χ2n) is 5.71. The number of hydrogen-bond acceptors (Lipinski definition) is 3. The third-order valence-electron chi connectivity index (χ3n) is 4.78. The van der Waals surface area contributed by atoms with Crippen molar-refractivity contribution in [3.8, 4) is 5.75 Å². The van der Waals surface area contributed by atoms with Gasteiger partial charge in [0.2, 0.25) is 0 Å². The standard InChI is InChI=1S/C17H29ClN2O/c1-7-17(8-2,20(4)5)16(19-3)12-13-11-14(18)9-10-15(13)21-6/h9-11,16,19H,7-8,12H2,1-6H3. The van der Waals surface area contributed by atoms with Gasteiger partial charge in [0.15, 0.2) is 0 Å². The van der Waals surface area contributed by atoms with Gasteiger partial charge in [0.25, 0.3) is 0 Å². The van der Waals surface area contributed by atoms with Crippen molar-refractivity contribution < 1.29 is 4.74 Å². The molecule has 120 valence electrons. The number of ether oxygens (including phenoxy) is 1. The van der Waals surface area contributed by atoms with Gasteiger partial charge in [-0.2, -0.15) is 0 Å². The minimum Gasteiger partial charge on any atom is -0.496 e. The Labute approximate surface area is 134 Å². The lowest BCUT2D eigenvalue weighted by Crippen LogP contribution is -2.58. The van der Waals surface area contributed by atoms with Gasteiger partial charge in [0.05, 0.1) is 7.11 Å². The van der Waals surface area contributed by atoms with Crippen LogP contribution in [0.5, 0.6) is 5.75 Å². The molecule has 0 aliphatic carbocycles. The Bertz CT molecular complexity index is 444. The van der Waals surface area contributed by atoms with Crippen molar-refractivity contribution in [2.24, 2.45) is 0 Å². The number of nitrogens with zero attached hydrogens (tertiary/aromatic N) is 1. The van der Waals surface area contributed by atoms with Crippen LogP contribution in [0.15, 0.2) is 18.2 Å². The predicted molar refractivity (Wildman–Crippen MR) is 91.6 cm³/mol. The maximum Gasteiger partial charge on any atom is 0.122 e. The average molecular weight is 313 g/mol. The average Bonchev–Trinajstić information content (AvgIpc) is 2.47. The second-order valence-corrected chi connectivity index (χ2v) is 6.14. The molecule has 1 unspecified atom stereocenters. The zero-order chi connectivity index (χ0) is 16.0. The molecule has 1 atom stereocenters. The molecule has 1 aromatic rings. The number of rotatable bonds is 8. The number of hydrogen-bond donors (Lipinski definition) is 1. The smallest absolute Gasteiger partial charge is 0.122 e. The molecule has 0 radical (unpaired) electrons. The summed E-state index contributed by atoms with van der Waals surface area (Å²) < 4.78 is 5.49. The quantitative estimate of drug-likeness (QED) is 0.794. The molecule has 21 heavy (non-hydrogen) atoms. The lowest BCUT2D eigenvalue weighted by atomic mass is 9.80. The summed E-state index contributed by atoms with van der Waals surface area (Å²) in [5.74, 6) is 0.902. The molecule has 0 amide bonds. The summed E-state index contributed by atoms with van der Waals surface area (Å²) in [6.07, 6.45) is 3.07. The highest BCUT2D eigenvalue weighted by Crippen LogP contribution is 2.31. The minimum absolute atomic E-state index is 0.113. The van der Waals surface area contributed by atoms with Crippen LogP contribution in [-0.4, -0.2) is 44.7 Å². The van der Waals surface area contributed by atoms with E-state index >= 15 is 0 Å². The third-order valence-corrected chi connectivity index (χ3v) is 5.01. The van der Waals surface area contributed by atoms with Gasteiger partial charge in [-0.05, 0) is 64.2 Å². The van der Waals surface area contributed by atoms with Crippen molar-refractivity contribution in [2.45, 2.75) is 44.7 Å². The summed E-state index contributed by atoms with van der Waals surface area (Å²) in [5.41, 5.74) is 1.26. The Morgan fingerprint density at radius 2 is 1.90 bits per heavy atom. The van der Waals surface area contributed by atoms with Gasteiger partial charge in [0, 0.05) is 16.6 Å². The molecule has 0 bridgehead atoms. The summed E-state index contributed by atoms with van der Waals surface area (Å²) in [6.45, 7) is 4.51. The molecule has 0 aliphatic heterocycles. The van der Waals surface area contributed by atoms with Gasteiger partial charge in [-0.1, -0.05) is 25.4 Å². The van der Waals surface area contributed by atoms with Gasteiger partial charge >= 0.3 is 0 Å². The highest BCUT2D eigenvalue weighted by Gasteiger charge is 2.37. The summed E-state index contributed by atoms with van der Waals surface area (Å²) in [5, 5.41) is 4.26. The predicted octanol–water partition coefficient (Wildman–Crippen LogP) is 3.60. The van der Waals surface area contributed by atoms with E-state index in [2.05, 4.69) is 38.2 Å². The Morgan fingerprint density at radius 3 is 2.33 bits per heavy atom. The van der Waals surface area contributed by atoms with Gasteiger partial charge in [-0.15, -0.1) is 0 Å². The van der Waals surface area contributed by atoms with E-state index in [1.165, 1.54) is 0 Å². The first-order valence-corrected chi connectivity index (χ1v) is 8.00. The summed E-state index contributed by atoms with van der Waals surface area (Å²) in [4.78, 5) is 2.34. The summed E-state index contributed by atoms with van der Waals surface area (Å²) in [7, 11) is 8.06. The second kappa shape index (κ2) is 8.02. The fourth-order valence-electron chi connectivity index (χ4n) is 3.37. The third kappa shape index (κ3) is 3.91. The fraction of sp³-hybridized carbons (Fsp3) is 0.647. The van der Waals surface area contributed by atoms with Gasteiger partial charge < -0.3 is 15.0 Å². The number of nitrogens with one attached hydrogen (secondary N) is 1. The first-order chi connectivity index (χ1) is 9.94. The maximum absolute atomic E-state index is 6.16. The van der Waals surface area contributed by atoms with Crippen LogP contribution in [0.1, 0.15) is 32.3 Å². The SMILES string of the molecule is CCC(CC)(C(Cc1cc(Cl)ccc1OC)NC)N(C)C. The van der Waals surface area contributed by atoms with E-state index in [1.807, 2.05) is 25.2 Å². The molecule has 3 nitrogen and oxygen atoms in total. The van der Waals surface area contributed by atoms with E-state index in [0.717, 1.165) is 35.6 Å². The molecule has 0 aliphatic rings. The van der Waals surface area contributed by atoms with Gasteiger partial charge in [-0.25, -0.2) is 0 Å². The van der Waals surface area contributed by atoms with Crippen molar-refractivity contribution in [3.05, 3.63) is 28.8 Å². The molecule has 0 fully saturated rings. The normalized spacial score (nSPS) is 13.5. The van der Waals surface area contributed by atoms with Crippen LogP contribution in [0.3, 0.4) is 0 Å². The monoisotopic (exact) mass is 312 g/mol. The van der Waals surface area contributed by atoms with Crippen LogP contribution in [0.2, 0.25) is 5.02 Å². The number of likely N-dealkylation sites (N-methyl/N-ethyl adjacent to an activating group) is 2. The van der Waals surface area contributed by atoms with E-state index < -0.39 is 0 Å². The van der Waals surface area contributed by atoms with Crippen molar-refractivity contribution in [1.82, 2.24) is 10.2 Å². The van der Waals surface area contributed by atoms with Crippen LogP contribution < -0.4 is 10.1 Å². The van der Waals surface area contributed by atoms with E-state index in [-0.39, 0.29) is 5.54 Å². The van der Waals surface area contributed by atoms with E-state index in [9.17, 15) is 0 Å². The number of halogens is 1. The number of methoxy groups -OCH3 is 1. The number of benzene rings is 1. The Morgan fingerprint density at radius 1 is 1.29 bits per heavy atom. The molecule has 1 rings (SSSR count). The molecular weight excluding hydrogens is 284 g/mol. The molecule has 0 aromatic heterocycles. The minimum atomic E-state index is 0.113. The molecule has 0 spiro atoms. The fourth-order valence-corrected chi connectivity index (χ4v) is 3.57. The zero-order valence-corrected chi connectivity index (χ0v) is 14.9. The molecule has 4 heteroatoms. The lowest BCUT2D eigenvalue weighted by Gasteiger charge is -2.45. The highest BCUT2D eigenvalue weighted by molar-refractivity contribution is 6.30. The molecule has 0 saturated carbocycles. The molecule has 1 N–H and O–H groups in total. The van der Waals surface area contributed by atoms with Crippen LogP contribution in [-0.2, 0) is 6.42 Å². The Kier molecular flexibility index (Phi) is 6.98. The Hall–Kier alpha value is -0.770. The molecular formula is C17H29ClN2O. The van der Waals surface area contributed by atoms with E-state index in [1.54, 1.807) is 7.11 Å². The van der Waals surface area contributed by atoms with Crippen molar-refractivity contribution in [2.75, 3.05) is 28.3 Å². The van der Waals surface area contributed by atoms with Crippen molar-refractivity contribution >= 4 is 11.6 Å². The van der Waals surface area contributed by atoms with E-state index in [4.69, 9.17) is 16.3 Å². The van der Waals surface area contributed by atoms with Crippen molar-refractivity contribution in [1.29, 1.82) is 0 Å². The van der Waals surface area contributed by atoms with Gasteiger partial charge in [-0.3, -0.25) is 0 Å². The first kappa shape index (κ1) is 18.3. The zero-order valence-electron chi connectivity index (χ0n) is 14.2. The highest BCUT2D eigenvalue weighted by atomic mass is 35.5. The summed E-state index contributed by atoms with van der Waals surface area (Å²) in [6, 6.07) is 6.16. The topological polar surface area (TPSA) is 24.5 Å². The Balaban J connectivity index is 3.14. The van der Waals surface area contributed by atoms with Crippen LogP contribution in [0.4, 0.5) is 0 Å². The molecule has 0 heterocycles.